The van der Waals surface area contributed by atoms with Crippen LogP contribution in [0.2, 0.25) is 10.0 Å². The Hall–Kier alpha value is -2.04. The van der Waals surface area contributed by atoms with Crippen molar-refractivity contribution < 1.29 is 9.59 Å². The van der Waals surface area contributed by atoms with E-state index in [1.165, 1.54) is 0 Å². The number of benzene rings is 2. The maximum Gasteiger partial charge on any atom is 0.227 e. The van der Waals surface area contributed by atoms with Crippen LogP contribution in [0.15, 0.2) is 48.5 Å². The Labute approximate surface area is 156 Å². The number of nitrogens with one attached hydrogen (secondary N) is 1. The Bertz CT molecular complexity index is 794. The molecule has 4 nitrogen and oxygen atoms in total. The predicted molar refractivity (Wildman–Crippen MR) is 100 cm³/mol. The molecule has 1 aliphatic heterocycles. The van der Waals surface area contributed by atoms with E-state index in [1.54, 1.807) is 17.0 Å². The summed E-state index contributed by atoms with van der Waals surface area (Å²) in [5.74, 6) is -0.545. The highest BCUT2D eigenvalue weighted by molar-refractivity contribution is 6.34. The minimum atomic E-state index is -0.358. The first kappa shape index (κ1) is 17.8. The topological polar surface area (TPSA) is 49.4 Å². The van der Waals surface area contributed by atoms with Gasteiger partial charge in [0.05, 0.1) is 16.6 Å². The van der Waals surface area contributed by atoms with Crippen molar-refractivity contribution in [2.75, 3.05) is 18.0 Å². The van der Waals surface area contributed by atoms with E-state index < -0.39 is 0 Å². The third-order valence-electron chi connectivity index (χ3n) is 4.24. The van der Waals surface area contributed by atoms with Crippen molar-refractivity contribution in [2.24, 2.45) is 5.92 Å². The van der Waals surface area contributed by atoms with Crippen molar-refractivity contribution in [1.82, 2.24) is 5.32 Å². The summed E-state index contributed by atoms with van der Waals surface area (Å²) in [6.07, 6.45) is 0.898. The van der Waals surface area contributed by atoms with Crippen molar-refractivity contribution in [2.45, 2.75) is 12.8 Å². The van der Waals surface area contributed by atoms with Gasteiger partial charge >= 0.3 is 0 Å². The number of hydrogen-bond donors (Lipinski definition) is 1. The van der Waals surface area contributed by atoms with Gasteiger partial charge in [-0.2, -0.15) is 0 Å². The normalized spacial score (nSPS) is 17.0. The summed E-state index contributed by atoms with van der Waals surface area (Å²) in [6, 6.07) is 14.7. The number of hydrogen-bond acceptors (Lipinski definition) is 2. The molecule has 2 amide bonds. The SMILES string of the molecule is O=C(NCCc1cccc(Cl)c1)C1CC(=O)N(c2ccccc2Cl)C1. The van der Waals surface area contributed by atoms with Crippen LogP contribution in [-0.4, -0.2) is 24.9 Å². The fraction of sp³-hybridized carbons (Fsp3) is 0.263. The second-order valence-corrected chi connectivity index (χ2v) is 6.87. The molecule has 3 rings (SSSR count). The maximum absolute atomic E-state index is 12.4. The van der Waals surface area contributed by atoms with Crippen LogP contribution >= 0.6 is 23.2 Å². The van der Waals surface area contributed by atoms with Gasteiger partial charge in [-0.05, 0) is 36.2 Å². The van der Waals surface area contributed by atoms with Crippen molar-refractivity contribution in [1.29, 1.82) is 0 Å². The fourth-order valence-electron chi connectivity index (χ4n) is 2.95. The van der Waals surface area contributed by atoms with E-state index in [9.17, 15) is 9.59 Å². The Kier molecular flexibility index (Phi) is 5.61. The Morgan fingerprint density at radius 3 is 2.72 bits per heavy atom. The molecule has 1 N–H and O–H groups in total. The number of anilines is 1. The van der Waals surface area contributed by atoms with Crippen LogP contribution in [0.25, 0.3) is 0 Å². The van der Waals surface area contributed by atoms with Gasteiger partial charge < -0.3 is 10.2 Å². The third kappa shape index (κ3) is 4.33. The van der Waals surface area contributed by atoms with Gasteiger partial charge in [0.15, 0.2) is 0 Å². The minimum absolute atomic E-state index is 0.0805. The average molecular weight is 377 g/mol. The molecular weight excluding hydrogens is 359 g/mol. The van der Waals surface area contributed by atoms with E-state index >= 15 is 0 Å². The smallest absolute Gasteiger partial charge is 0.227 e. The lowest BCUT2D eigenvalue weighted by Gasteiger charge is -2.18. The Morgan fingerprint density at radius 2 is 1.96 bits per heavy atom. The number of nitrogens with zero attached hydrogens (tertiary/aromatic N) is 1. The van der Waals surface area contributed by atoms with Crippen LogP contribution in [-0.2, 0) is 16.0 Å². The molecule has 1 fully saturated rings. The van der Waals surface area contributed by atoms with Gasteiger partial charge in [0.2, 0.25) is 11.8 Å². The summed E-state index contributed by atoms with van der Waals surface area (Å²) in [5, 5.41) is 4.10. The molecule has 6 heteroatoms. The molecule has 1 unspecified atom stereocenters. The van der Waals surface area contributed by atoms with Gasteiger partial charge in [-0.3, -0.25) is 9.59 Å². The zero-order valence-corrected chi connectivity index (χ0v) is 15.1. The first-order chi connectivity index (χ1) is 12.0. The molecule has 0 spiro atoms. The van der Waals surface area contributed by atoms with E-state index in [0.717, 1.165) is 5.56 Å². The molecule has 0 radical (unpaired) electrons. The van der Waals surface area contributed by atoms with Crippen LogP contribution < -0.4 is 10.2 Å². The number of halogens is 2. The molecule has 2 aromatic rings. The number of carbonyl (C=O) groups is 2. The van der Waals surface area contributed by atoms with Crippen molar-refractivity contribution in [3.63, 3.8) is 0 Å². The lowest BCUT2D eigenvalue weighted by molar-refractivity contribution is -0.126. The van der Waals surface area contributed by atoms with Crippen LogP contribution in [0.5, 0.6) is 0 Å². The standard InChI is InChI=1S/C19H18Cl2N2O2/c20-15-5-3-4-13(10-15)8-9-22-19(25)14-11-18(24)23(12-14)17-7-2-1-6-16(17)21/h1-7,10,14H,8-9,11-12H2,(H,22,25). The van der Waals surface area contributed by atoms with Gasteiger partial charge in [0, 0.05) is 24.5 Å². The molecule has 2 aromatic carbocycles. The lowest BCUT2D eigenvalue weighted by Crippen LogP contribution is -2.34. The molecule has 1 atom stereocenters. The Morgan fingerprint density at radius 1 is 1.16 bits per heavy atom. The number of carbonyl (C=O) groups excluding carboxylic acids is 2. The zero-order valence-electron chi connectivity index (χ0n) is 13.5. The highest BCUT2D eigenvalue weighted by Crippen LogP contribution is 2.30. The molecule has 0 saturated carbocycles. The van der Waals surface area contributed by atoms with E-state index in [4.69, 9.17) is 23.2 Å². The largest absolute Gasteiger partial charge is 0.355 e. The number of amides is 2. The van der Waals surface area contributed by atoms with Gasteiger partial charge in [0.1, 0.15) is 0 Å². The molecule has 25 heavy (non-hydrogen) atoms. The summed E-state index contributed by atoms with van der Waals surface area (Å²) in [7, 11) is 0. The van der Waals surface area contributed by atoms with Gasteiger partial charge in [-0.25, -0.2) is 0 Å². The summed E-state index contributed by atoms with van der Waals surface area (Å²) >= 11 is 12.1. The van der Waals surface area contributed by atoms with Gasteiger partial charge in [-0.1, -0.05) is 47.5 Å². The summed E-state index contributed by atoms with van der Waals surface area (Å²) in [6.45, 7) is 0.863. The van der Waals surface area contributed by atoms with Gasteiger partial charge in [-0.15, -0.1) is 0 Å². The number of rotatable bonds is 5. The average Bonchev–Trinajstić information content (AvgIpc) is 2.97. The number of para-hydroxylation sites is 1. The second-order valence-electron chi connectivity index (χ2n) is 6.03. The highest BCUT2D eigenvalue weighted by Gasteiger charge is 2.35. The van der Waals surface area contributed by atoms with Crippen molar-refractivity contribution in [3.8, 4) is 0 Å². The minimum Gasteiger partial charge on any atom is -0.355 e. The molecule has 0 bridgehead atoms. The summed E-state index contributed by atoms with van der Waals surface area (Å²) in [5.41, 5.74) is 1.72. The van der Waals surface area contributed by atoms with Crippen LogP contribution in [0.3, 0.4) is 0 Å². The molecule has 0 aliphatic carbocycles. The fourth-order valence-corrected chi connectivity index (χ4v) is 3.40. The summed E-state index contributed by atoms with van der Waals surface area (Å²) < 4.78 is 0. The van der Waals surface area contributed by atoms with E-state index in [-0.39, 0.29) is 24.2 Å². The molecule has 130 valence electrons. The van der Waals surface area contributed by atoms with E-state index in [2.05, 4.69) is 5.32 Å². The van der Waals surface area contributed by atoms with Crippen LogP contribution in [0.4, 0.5) is 5.69 Å². The first-order valence-electron chi connectivity index (χ1n) is 8.11. The predicted octanol–water partition coefficient (Wildman–Crippen LogP) is 3.71. The van der Waals surface area contributed by atoms with Crippen LogP contribution in [0, 0.1) is 5.92 Å². The zero-order chi connectivity index (χ0) is 17.8. The highest BCUT2D eigenvalue weighted by atomic mass is 35.5. The van der Waals surface area contributed by atoms with Crippen molar-refractivity contribution in [3.05, 3.63) is 64.1 Å². The van der Waals surface area contributed by atoms with Crippen LogP contribution in [0.1, 0.15) is 12.0 Å². The molecule has 1 saturated heterocycles. The quantitative estimate of drug-likeness (QED) is 0.864. The summed E-state index contributed by atoms with van der Waals surface area (Å²) in [4.78, 5) is 26.2. The van der Waals surface area contributed by atoms with E-state index in [0.29, 0.717) is 35.2 Å². The lowest BCUT2D eigenvalue weighted by atomic mass is 10.1. The molecule has 1 aliphatic rings. The van der Waals surface area contributed by atoms with Crippen molar-refractivity contribution >= 4 is 40.7 Å². The van der Waals surface area contributed by atoms with E-state index in [1.807, 2.05) is 36.4 Å². The molecular formula is C19H18Cl2N2O2. The second kappa shape index (κ2) is 7.89. The molecule has 0 aromatic heterocycles. The maximum atomic E-state index is 12.4. The van der Waals surface area contributed by atoms with Gasteiger partial charge in [0.25, 0.3) is 0 Å². The first-order valence-corrected chi connectivity index (χ1v) is 8.87. The Balaban J connectivity index is 1.55. The monoisotopic (exact) mass is 376 g/mol. The molecule has 1 heterocycles. The third-order valence-corrected chi connectivity index (χ3v) is 4.80.